The number of aliphatic hydroxyl groups is 1. The molecule has 3 aromatic heterocycles. The minimum absolute atomic E-state index is 0.00169. The van der Waals surface area contributed by atoms with E-state index in [1.807, 2.05) is 78.8 Å². The molecule has 0 spiro atoms. The van der Waals surface area contributed by atoms with Crippen molar-refractivity contribution in [3.63, 3.8) is 0 Å². The number of nitrogens with zero attached hydrogens (tertiary/aromatic N) is 9. The second-order valence-corrected chi connectivity index (χ2v) is 31.8. The first-order chi connectivity index (χ1) is 52.7. The maximum Gasteiger partial charge on any atom is 0.308 e. The highest BCUT2D eigenvalue weighted by Gasteiger charge is 2.47. The van der Waals surface area contributed by atoms with Gasteiger partial charge >= 0.3 is 5.97 Å². The van der Waals surface area contributed by atoms with Gasteiger partial charge in [0.2, 0.25) is 29.5 Å². The number of aliphatic imine (C=N–C) groups is 1. The Balaban J connectivity index is 0.607. The molecule has 3 saturated heterocycles. The first kappa shape index (κ1) is 82.6. The molecule has 5 aliphatic heterocycles. The minimum Gasteiger partial charge on any atom is -0.463 e. The number of fused-ring (bicyclic) bond motifs is 4. The topological polar surface area (TPSA) is 336 Å². The summed E-state index contributed by atoms with van der Waals surface area (Å²) in [6.07, 6.45) is -1.03. The van der Waals surface area contributed by atoms with Gasteiger partial charge < -0.3 is 63.4 Å². The molecule has 5 aliphatic rings. The summed E-state index contributed by atoms with van der Waals surface area (Å²) < 4.78 is 64.8. The van der Waals surface area contributed by atoms with E-state index in [1.165, 1.54) is 11.0 Å². The molecule has 0 bridgehead atoms. The average molecular weight is 1580 g/mol. The summed E-state index contributed by atoms with van der Waals surface area (Å²) in [7, 11) is 0. The number of ether oxygens (including phenoxy) is 8. The van der Waals surface area contributed by atoms with E-state index in [1.54, 1.807) is 49.0 Å². The van der Waals surface area contributed by atoms with Gasteiger partial charge in [0.1, 0.15) is 54.0 Å². The van der Waals surface area contributed by atoms with E-state index < -0.39 is 101 Å². The third-order valence-corrected chi connectivity index (χ3v) is 22.2. The van der Waals surface area contributed by atoms with Gasteiger partial charge in [-0.1, -0.05) is 75.7 Å². The highest BCUT2D eigenvalue weighted by Crippen LogP contribution is 2.41. The van der Waals surface area contributed by atoms with Gasteiger partial charge in [0.15, 0.2) is 5.82 Å². The molecule has 6 atom stereocenters. The van der Waals surface area contributed by atoms with Gasteiger partial charge in [-0.05, 0) is 80.5 Å². The summed E-state index contributed by atoms with van der Waals surface area (Å²) in [6, 6.07) is 13.8. The molecule has 7 amide bonds. The molecule has 0 aliphatic carbocycles. The van der Waals surface area contributed by atoms with Gasteiger partial charge in [-0.15, -0.1) is 32.9 Å². The van der Waals surface area contributed by atoms with Crippen LogP contribution in [-0.2, 0) is 73.2 Å². The molecule has 2 unspecified atom stereocenters. The van der Waals surface area contributed by atoms with Crippen LogP contribution in [0.2, 0.25) is 5.02 Å². The van der Waals surface area contributed by atoms with Crippen LogP contribution in [0.5, 0.6) is 0 Å². The maximum atomic E-state index is 15.6. The lowest BCUT2D eigenvalue weighted by molar-refractivity contribution is -0.146. The van der Waals surface area contributed by atoms with E-state index >= 15 is 4.39 Å². The standard InChI is InChI=1S/C77H96ClFN12O17S2/c1-46-48(3)110-75-65(46)66(51-13-15-53(78)16-14-51)82-58(69-86-85-49(4)90(69)75)38-64(95)108-34-33-104-28-27-103-30-32-106-43-77(8,44-107-41-63(94)83-68(76(5,6)7)74(100)89-40-54(92)35-61(89)70(96)80-39-50-9-11-52(12-10-50)67-47(2)81-45-109-67)42-105-31-29-102-26-25-101-24-23-87-19-21-88(22-20-87)60-37-56-55(36-57(60)79)72(98)91(73(56)99)59-17-18-62(93)84-71(59)97/h9-16,36-37,45,54,58-59,61,68,92H,17-35,38-44H2,1-8H3,(H,80,96)(H,83,94)(H,84,93,97)/t54-,58+,59?,61+,68-,77?/m1/s1. The average Bonchev–Trinajstić information content (AvgIpc) is 1.59. The number of imide groups is 2. The number of nitrogens with one attached hydrogen (secondary N) is 3. The molecule has 592 valence electrons. The monoisotopic (exact) mass is 1580 g/mol. The van der Waals surface area contributed by atoms with E-state index in [-0.39, 0.29) is 135 Å². The predicted molar refractivity (Wildman–Crippen MR) is 406 cm³/mol. The van der Waals surface area contributed by atoms with E-state index in [2.05, 4.69) is 49.9 Å². The van der Waals surface area contributed by atoms with E-state index in [0.717, 1.165) is 64.9 Å². The normalized spacial score (nSPS) is 18.9. The Kier molecular flexibility index (Phi) is 28.3. The lowest BCUT2D eigenvalue weighted by Crippen LogP contribution is -2.58. The Labute approximate surface area is 650 Å². The van der Waals surface area contributed by atoms with Crippen molar-refractivity contribution < 1.29 is 85.7 Å². The summed E-state index contributed by atoms with van der Waals surface area (Å²) in [6.45, 7) is 20.3. The van der Waals surface area contributed by atoms with Crippen molar-refractivity contribution in [3.05, 3.63) is 133 Å². The summed E-state index contributed by atoms with van der Waals surface area (Å²) in [5.74, 6) is -4.12. The lowest BCUT2D eigenvalue weighted by atomic mass is 9.85. The van der Waals surface area contributed by atoms with Crippen LogP contribution in [0.3, 0.4) is 0 Å². The zero-order valence-electron chi connectivity index (χ0n) is 63.2. The van der Waals surface area contributed by atoms with Crippen LogP contribution in [0, 0.1) is 44.3 Å². The number of aryl methyl sites for hydroxylation is 3. The van der Waals surface area contributed by atoms with Crippen molar-refractivity contribution in [3.8, 4) is 15.4 Å². The Morgan fingerprint density at radius 2 is 1.38 bits per heavy atom. The van der Waals surface area contributed by atoms with Crippen molar-refractivity contribution in [2.45, 2.75) is 118 Å². The fraction of sp³-hybridized carbons (Fsp3) is 0.532. The first-order valence-corrected chi connectivity index (χ1v) is 39.0. The van der Waals surface area contributed by atoms with E-state index in [4.69, 9.17) is 54.5 Å². The second-order valence-electron chi connectivity index (χ2n) is 29.3. The fourth-order valence-corrected chi connectivity index (χ4v) is 15.9. The molecule has 8 heterocycles. The number of benzene rings is 3. The number of esters is 1. The number of piperazine rings is 1. The highest BCUT2D eigenvalue weighted by atomic mass is 35.5. The van der Waals surface area contributed by atoms with Gasteiger partial charge in [0.05, 0.1) is 137 Å². The van der Waals surface area contributed by atoms with Crippen molar-refractivity contribution in [2.24, 2.45) is 15.8 Å². The van der Waals surface area contributed by atoms with Crippen LogP contribution in [0.4, 0.5) is 10.1 Å². The van der Waals surface area contributed by atoms with Crippen molar-refractivity contribution in [1.82, 2.24) is 50.4 Å². The number of rotatable bonds is 37. The lowest BCUT2D eigenvalue weighted by Gasteiger charge is -2.36. The molecule has 3 fully saturated rings. The quantitative estimate of drug-likeness (QED) is 0.0185. The number of aliphatic hydroxyl groups excluding tert-OH is 1. The number of likely N-dealkylation sites (tertiary alicyclic amines) is 1. The van der Waals surface area contributed by atoms with Gasteiger partial charge in [0.25, 0.3) is 11.8 Å². The van der Waals surface area contributed by atoms with Crippen LogP contribution >= 0.6 is 34.3 Å². The van der Waals surface area contributed by atoms with Crippen LogP contribution in [-0.4, -0.2) is 255 Å². The van der Waals surface area contributed by atoms with Crippen LogP contribution < -0.4 is 20.9 Å². The number of hydrogen-bond acceptors (Lipinski definition) is 25. The van der Waals surface area contributed by atoms with Gasteiger partial charge in [0, 0.05) is 85.1 Å². The molecule has 0 saturated carbocycles. The number of anilines is 1. The molecule has 29 nitrogen and oxygen atoms in total. The molecule has 3 aromatic carbocycles. The summed E-state index contributed by atoms with van der Waals surface area (Å²) in [4.78, 5) is 124. The number of thiophene rings is 1. The zero-order valence-corrected chi connectivity index (χ0v) is 65.6. The number of thiazole rings is 1. The maximum absolute atomic E-state index is 15.6. The van der Waals surface area contributed by atoms with Crippen molar-refractivity contribution in [1.29, 1.82) is 0 Å². The number of carbonyl (C=O) groups excluding carboxylic acids is 8. The summed E-state index contributed by atoms with van der Waals surface area (Å²) in [5, 5.41) is 29.2. The Bertz CT molecular complexity index is 4310. The zero-order chi connectivity index (χ0) is 78.4. The molecular weight excluding hydrogens is 1480 g/mol. The molecular formula is C77H96ClFN12O17S2. The van der Waals surface area contributed by atoms with Crippen molar-refractivity contribution >= 4 is 93.0 Å². The molecule has 110 heavy (non-hydrogen) atoms. The number of halogens is 2. The van der Waals surface area contributed by atoms with Crippen molar-refractivity contribution in [2.75, 3.05) is 143 Å². The second kappa shape index (κ2) is 37.8. The van der Waals surface area contributed by atoms with E-state index in [0.29, 0.717) is 62.6 Å². The Morgan fingerprint density at radius 1 is 0.764 bits per heavy atom. The van der Waals surface area contributed by atoms with Gasteiger partial charge in [-0.3, -0.25) is 63.0 Å². The summed E-state index contributed by atoms with van der Waals surface area (Å²) in [5.41, 5.74) is 6.68. The van der Waals surface area contributed by atoms with Gasteiger partial charge in [-0.25, -0.2) is 9.37 Å². The Morgan fingerprint density at radius 3 is 2.02 bits per heavy atom. The largest absolute Gasteiger partial charge is 0.463 e. The predicted octanol–water partition coefficient (Wildman–Crippen LogP) is 6.46. The smallest absolute Gasteiger partial charge is 0.308 e. The molecule has 0 radical (unpaired) electrons. The highest BCUT2D eigenvalue weighted by molar-refractivity contribution is 7.15. The molecule has 6 aromatic rings. The number of aromatic nitrogens is 4. The first-order valence-electron chi connectivity index (χ1n) is 36.9. The molecule has 11 rings (SSSR count). The van der Waals surface area contributed by atoms with Crippen LogP contribution in [0.1, 0.15) is 125 Å². The van der Waals surface area contributed by atoms with Gasteiger partial charge in [-0.2, -0.15) is 0 Å². The van der Waals surface area contributed by atoms with Crippen LogP contribution in [0.25, 0.3) is 15.4 Å². The molecule has 33 heteroatoms. The minimum atomic E-state index is -1.15. The number of amides is 7. The third kappa shape index (κ3) is 20.6. The number of β-amino-alcohol motifs (C(OH)–C–C–N with tert-alkyl or cyclic N) is 1. The fourth-order valence-electron chi connectivity index (χ4n) is 13.7. The van der Waals surface area contributed by atoms with E-state index in [9.17, 15) is 43.5 Å². The number of hydrogen-bond donors (Lipinski definition) is 4. The number of carbonyl (C=O) groups is 8. The number of piperidine rings is 1. The third-order valence-electron chi connectivity index (χ3n) is 19.8. The molecule has 4 N–H and O–H groups in total. The van der Waals surface area contributed by atoms with Crippen LogP contribution in [0.15, 0.2) is 71.2 Å². The summed E-state index contributed by atoms with van der Waals surface area (Å²) >= 11 is 9.45. The SMILES string of the molecule is Cc1ncsc1-c1ccc(CNC(=O)[C@@H]2C[C@@H](O)CN2C(=O)[C@@H](NC(=O)COCC(C)(COCCOCCOCCOC(=O)C[C@@H]2N=C(c3ccc(Cl)cc3)c3c(sc(C)c3C)-n3c(C)nnc32)COCCOCCOCCN2CCN(c3cc4c(cc3F)C(=O)N(C3CCC(=O)NC3=O)C4=O)CC2)C(C)(C)C)cc1. The Hall–Kier alpha value is -8.38.